The van der Waals surface area contributed by atoms with Gasteiger partial charge in [0.2, 0.25) is 0 Å². The molecule has 0 aromatic carbocycles. The van der Waals surface area contributed by atoms with E-state index in [1.807, 2.05) is 0 Å². The fourth-order valence-corrected chi connectivity index (χ4v) is 7.03. The monoisotopic (exact) mass is 406 g/mol. The number of ether oxygens (including phenoxy) is 3. The summed E-state index contributed by atoms with van der Waals surface area (Å²) in [5, 5.41) is 3.84. The van der Waals surface area contributed by atoms with Gasteiger partial charge >= 0.3 is 0 Å². The van der Waals surface area contributed by atoms with Crippen molar-refractivity contribution >= 4 is 0 Å². The quantitative estimate of drug-likeness (QED) is 0.668. The Kier molecular flexibility index (Phi) is 6.79. The van der Waals surface area contributed by atoms with E-state index in [1.54, 1.807) is 0 Å². The van der Waals surface area contributed by atoms with Gasteiger partial charge in [0, 0.05) is 19.7 Å². The lowest BCUT2D eigenvalue weighted by molar-refractivity contribution is -0.0627. The fourth-order valence-electron chi connectivity index (χ4n) is 7.03. The van der Waals surface area contributed by atoms with Crippen LogP contribution in [0.4, 0.5) is 0 Å². The van der Waals surface area contributed by atoms with Crippen molar-refractivity contribution in [1.82, 2.24) is 10.2 Å². The zero-order chi connectivity index (χ0) is 19.5. The smallest absolute Gasteiger partial charge is 0.0665 e. The first kappa shape index (κ1) is 20.7. The van der Waals surface area contributed by atoms with E-state index < -0.39 is 0 Å². The van der Waals surface area contributed by atoms with E-state index in [4.69, 9.17) is 14.2 Å². The van der Waals surface area contributed by atoms with E-state index in [1.165, 1.54) is 83.7 Å². The maximum Gasteiger partial charge on any atom is 0.0665 e. The highest BCUT2D eigenvalue weighted by atomic mass is 16.5. The average molecular weight is 407 g/mol. The van der Waals surface area contributed by atoms with Crippen molar-refractivity contribution in [3.8, 4) is 0 Å². The predicted octanol–water partition coefficient (Wildman–Crippen LogP) is 3.36. The highest BCUT2D eigenvalue weighted by molar-refractivity contribution is 5.07. The number of fused-ring (bicyclic) bond motifs is 7. The van der Waals surface area contributed by atoms with E-state index in [-0.39, 0.29) is 5.54 Å². The minimum atomic E-state index is 0.106. The number of hydrogen-bond donors (Lipinski definition) is 1. The highest BCUT2D eigenvalue weighted by Crippen LogP contribution is 2.41. The van der Waals surface area contributed by atoms with Crippen molar-refractivity contribution in [2.75, 3.05) is 46.1 Å². The van der Waals surface area contributed by atoms with Gasteiger partial charge in [0.05, 0.1) is 43.6 Å². The zero-order valence-electron chi connectivity index (χ0n) is 18.3. The van der Waals surface area contributed by atoms with Gasteiger partial charge in [0.25, 0.3) is 0 Å². The van der Waals surface area contributed by atoms with Gasteiger partial charge in [-0.2, -0.15) is 0 Å². The first-order valence-electron chi connectivity index (χ1n) is 12.6. The van der Waals surface area contributed by atoms with Gasteiger partial charge in [-0.3, -0.25) is 4.90 Å². The molecule has 0 aromatic rings. The normalized spacial score (nSPS) is 45.3. The van der Waals surface area contributed by atoms with Crippen LogP contribution in [0.5, 0.6) is 0 Å². The Morgan fingerprint density at radius 1 is 0.828 bits per heavy atom. The van der Waals surface area contributed by atoms with Crippen LogP contribution in [0.3, 0.4) is 0 Å². The third-order valence-electron chi connectivity index (χ3n) is 8.75. The second kappa shape index (κ2) is 9.52. The van der Waals surface area contributed by atoms with Crippen LogP contribution in [0.25, 0.3) is 0 Å². The van der Waals surface area contributed by atoms with Crippen LogP contribution in [0.2, 0.25) is 0 Å². The van der Waals surface area contributed by atoms with Gasteiger partial charge in [0.15, 0.2) is 0 Å². The standard InChI is InChI=1S/C24H42N2O3/c1-2-6-22-21(5-1)19-7-9-20(10-8-19)29-17-23-24(18-27-16-12-25-24)11-14-26(23)13-3-4-15-28-22/h19-23,25H,1-18H2/t19?,20?,21?,22?,23-,24+/m0/s1. The first-order chi connectivity index (χ1) is 14.3. The molecule has 6 rings (SSSR count). The summed E-state index contributed by atoms with van der Waals surface area (Å²) in [4.78, 5) is 2.69. The average Bonchev–Trinajstić information content (AvgIpc) is 3.09. The molecule has 4 heterocycles. The summed E-state index contributed by atoms with van der Waals surface area (Å²) in [6.07, 6.45) is 15.3. The summed E-state index contributed by atoms with van der Waals surface area (Å²) in [7, 11) is 0. The van der Waals surface area contributed by atoms with Crippen molar-refractivity contribution in [3.63, 3.8) is 0 Å². The molecule has 0 aromatic heterocycles. The van der Waals surface area contributed by atoms with Crippen molar-refractivity contribution in [3.05, 3.63) is 0 Å². The summed E-state index contributed by atoms with van der Waals surface area (Å²) >= 11 is 0. The predicted molar refractivity (Wildman–Crippen MR) is 114 cm³/mol. The summed E-state index contributed by atoms with van der Waals surface area (Å²) in [6, 6.07) is 0.453. The molecule has 29 heavy (non-hydrogen) atoms. The molecule has 1 spiro atoms. The molecule has 0 radical (unpaired) electrons. The topological polar surface area (TPSA) is 43.0 Å². The van der Waals surface area contributed by atoms with E-state index in [0.717, 1.165) is 44.8 Å². The summed E-state index contributed by atoms with van der Waals surface area (Å²) in [5.74, 6) is 1.68. The minimum Gasteiger partial charge on any atom is -0.378 e. The number of nitrogens with zero attached hydrogens (tertiary/aromatic N) is 1. The van der Waals surface area contributed by atoms with E-state index in [2.05, 4.69) is 10.2 Å². The van der Waals surface area contributed by atoms with E-state index >= 15 is 0 Å². The highest BCUT2D eigenvalue weighted by Gasteiger charge is 2.48. The molecule has 4 saturated heterocycles. The molecular formula is C24H42N2O3. The Balaban J connectivity index is 1.28. The van der Waals surface area contributed by atoms with E-state index in [9.17, 15) is 0 Å². The van der Waals surface area contributed by atoms with Crippen LogP contribution in [-0.4, -0.2) is 74.8 Å². The molecule has 4 aliphatic heterocycles. The van der Waals surface area contributed by atoms with Crippen molar-refractivity contribution in [1.29, 1.82) is 0 Å². The van der Waals surface area contributed by atoms with Gasteiger partial charge in [-0.05, 0) is 76.2 Å². The van der Waals surface area contributed by atoms with E-state index in [0.29, 0.717) is 18.2 Å². The molecule has 2 bridgehead atoms. The van der Waals surface area contributed by atoms with Crippen LogP contribution in [0.15, 0.2) is 0 Å². The van der Waals surface area contributed by atoms with Gasteiger partial charge in [-0.15, -0.1) is 0 Å². The number of rotatable bonds is 0. The summed E-state index contributed by atoms with van der Waals surface area (Å²) in [5.41, 5.74) is 0.106. The van der Waals surface area contributed by atoms with Gasteiger partial charge in [0.1, 0.15) is 0 Å². The van der Waals surface area contributed by atoms with Crippen LogP contribution >= 0.6 is 0 Å². The lowest BCUT2D eigenvalue weighted by Crippen LogP contribution is -2.62. The number of hydrogen-bond acceptors (Lipinski definition) is 5. The Hall–Kier alpha value is -0.200. The minimum absolute atomic E-state index is 0.106. The molecule has 1 N–H and O–H groups in total. The molecule has 166 valence electrons. The third kappa shape index (κ3) is 4.55. The van der Waals surface area contributed by atoms with Crippen LogP contribution in [-0.2, 0) is 14.2 Å². The Labute approximate surface area is 177 Å². The van der Waals surface area contributed by atoms with Crippen LogP contribution < -0.4 is 5.32 Å². The molecule has 4 atom stereocenters. The Morgan fingerprint density at radius 2 is 1.72 bits per heavy atom. The largest absolute Gasteiger partial charge is 0.378 e. The van der Waals surface area contributed by atoms with Gasteiger partial charge in [-0.25, -0.2) is 0 Å². The third-order valence-corrected chi connectivity index (χ3v) is 8.75. The van der Waals surface area contributed by atoms with Crippen LogP contribution in [0.1, 0.15) is 70.6 Å². The zero-order valence-corrected chi connectivity index (χ0v) is 18.3. The van der Waals surface area contributed by atoms with Crippen molar-refractivity contribution in [2.45, 2.75) is 94.4 Å². The second-order valence-corrected chi connectivity index (χ2v) is 10.4. The lowest BCUT2D eigenvalue weighted by atomic mass is 9.71. The Morgan fingerprint density at radius 3 is 2.59 bits per heavy atom. The maximum absolute atomic E-state index is 6.61. The number of morpholine rings is 1. The maximum atomic E-state index is 6.61. The molecule has 6 fully saturated rings. The first-order valence-corrected chi connectivity index (χ1v) is 12.6. The molecule has 5 nitrogen and oxygen atoms in total. The summed E-state index contributed by atoms with van der Waals surface area (Å²) < 4.78 is 19.1. The molecular weight excluding hydrogens is 364 g/mol. The van der Waals surface area contributed by atoms with Gasteiger partial charge in [-0.1, -0.05) is 12.8 Å². The molecule has 2 aliphatic carbocycles. The molecule has 6 aliphatic rings. The Bertz CT molecular complexity index is 516. The SMILES string of the molecule is C1CCN2CC[C@@]3(COCCN3)[C@@H]2COC2CCC(CC2)C2CCCCC2OC1. The molecule has 5 heteroatoms. The number of nitrogens with one attached hydrogen (secondary N) is 1. The second-order valence-electron chi connectivity index (χ2n) is 10.4. The van der Waals surface area contributed by atoms with Crippen molar-refractivity contribution in [2.24, 2.45) is 11.8 Å². The molecule has 2 saturated carbocycles. The molecule has 0 amide bonds. The molecule has 2 unspecified atom stereocenters. The van der Waals surface area contributed by atoms with Gasteiger partial charge < -0.3 is 19.5 Å². The van der Waals surface area contributed by atoms with Crippen LogP contribution in [0, 0.1) is 11.8 Å². The van der Waals surface area contributed by atoms with Crippen molar-refractivity contribution < 1.29 is 14.2 Å². The summed E-state index contributed by atoms with van der Waals surface area (Å²) in [6.45, 7) is 6.83. The lowest BCUT2D eigenvalue weighted by Gasteiger charge is -2.43. The fraction of sp³-hybridized carbons (Fsp3) is 1.00.